The van der Waals surface area contributed by atoms with Gasteiger partial charge < -0.3 is 25.3 Å². The van der Waals surface area contributed by atoms with Gasteiger partial charge in [-0.15, -0.1) is 0 Å². The zero-order chi connectivity index (χ0) is 21.9. The molecule has 0 heterocycles. The van der Waals surface area contributed by atoms with Crippen LogP contribution < -0.4 is 0 Å². The second kappa shape index (κ2) is 31.9. The molecule has 0 aliphatic rings. The highest BCUT2D eigenvalue weighted by Gasteiger charge is 1.94. The fraction of sp³-hybridized carbons (Fsp3) is 1.00. The van der Waals surface area contributed by atoms with Gasteiger partial charge in [-0.3, -0.25) is 0 Å². The van der Waals surface area contributed by atoms with Gasteiger partial charge >= 0.3 is 7.32 Å². The molecule has 0 saturated carbocycles. The molecule has 0 spiro atoms. The predicted octanol–water partition coefficient (Wildman–Crippen LogP) is 4.49. The van der Waals surface area contributed by atoms with Crippen LogP contribution in [0.1, 0.15) is 117 Å². The van der Waals surface area contributed by atoms with E-state index < -0.39 is 13.4 Å². The van der Waals surface area contributed by atoms with Crippen molar-refractivity contribution in [2.45, 2.75) is 123 Å². The molecule has 0 aliphatic carbocycles. The predicted molar refractivity (Wildman–Crippen MR) is 125 cm³/mol. The zero-order valence-electron chi connectivity index (χ0n) is 18.6. The van der Waals surface area contributed by atoms with Gasteiger partial charge in [0.2, 0.25) is 0 Å². The van der Waals surface area contributed by atoms with Crippen LogP contribution in [0.25, 0.3) is 0 Å². The summed E-state index contributed by atoms with van der Waals surface area (Å²) in [4.78, 5) is 0. The van der Waals surface area contributed by atoms with Crippen molar-refractivity contribution in [3.63, 3.8) is 0 Å². The van der Waals surface area contributed by atoms with E-state index in [1.165, 1.54) is 110 Å². The number of aliphatic hydroxyl groups is 2. The van der Waals surface area contributed by atoms with Crippen molar-refractivity contribution in [1.82, 2.24) is 0 Å². The first-order valence-electron chi connectivity index (χ1n) is 11.4. The molecule has 28 heavy (non-hydrogen) atoms. The van der Waals surface area contributed by atoms with Gasteiger partial charge in [-0.05, 0) is 19.1 Å². The Morgan fingerprint density at radius 3 is 1.04 bits per heavy atom. The Kier molecular flexibility index (Phi) is 37.4. The molecule has 0 aromatic rings. The summed E-state index contributed by atoms with van der Waals surface area (Å²) >= 11 is 4.24. The first-order valence-corrected chi connectivity index (χ1v) is 12.0. The minimum atomic E-state index is -2.17. The molecular weight excluding hydrogens is 375 g/mol. The normalized spacial score (nSPS) is 11.1. The van der Waals surface area contributed by atoms with Crippen molar-refractivity contribution in [3.05, 3.63) is 0 Å². The zero-order valence-corrected chi connectivity index (χ0v) is 19.5. The maximum atomic E-state index is 8.11. The summed E-state index contributed by atoms with van der Waals surface area (Å²) in [5, 5.41) is 37.5. The molecule has 7 heteroatoms. The van der Waals surface area contributed by atoms with Crippen LogP contribution in [0.3, 0.4) is 0 Å². The second-order valence-electron chi connectivity index (χ2n) is 7.40. The van der Waals surface area contributed by atoms with Gasteiger partial charge in [0.15, 0.2) is 0 Å². The third-order valence-electron chi connectivity index (χ3n) is 4.28. The molecule has 5 N–H and O–H groups in total. The maximum Gasteiger partial charge on any atom is 0.631 e. The van der Waals surface area contributed by atoms with Crippen LogP contribution in [0.15, 0.2) is 0 Å². The van der Waals surface area contributed by atoms with Gasteiger partial charge in [0.05, 0.1) is 12.7 Å². The lowest BCUT2D eigenvalue weighted by Gasteiger charge is -2.03. The highest BCUT2D eigenvalue weighted by molar-refractivity contribution is 7.80. The van der Waals surface area contributed by atoms with Crippen LogP contribution in [0.4, 0.5) is 0 Å². The fourth-order valence-corrected chi connectivity index (χ4v) is 2.88. The summed E-state index contributed by atoms with van der Waals surface area (Å²) in [6.07, 6.45) is 22.6. The monoisotopic (exact) mass is 424 g/mol. The van der Waals surface area contributed by atoms with Gasteiger partial charge in [0.1, 0.15) is 0 Å². The molecule has 0 fully saturated rings. The molecule has 0 aromatic carbocycles. The lowest BCUT2D eigenvalue weighted by molar-refractivity contribution is 0.110. The fourth-order valence-electron chi connectivity index (χ4n) is 2.66. The van der Waals surface area contributed by atoms with Crippen molar-refractivity contribution < 1.29 is 25.3 Å². The summed E-state index contributed by atoms with van der Waals surface area (Å²) in [7, 11) is -2.17. The summed E-state index contributed by atoms with van der Waals surface area (Å²) in [5.41, 5.74) is 0. The molecule has 0 amide bonds. The molecule has 5 nitrogen and oxygen atoms in total. The van der Waals surface area contributed by atoms with Crippen LogP contribution in [-0.2, 0) is 0 Å². The first kappa shape index (κ1) is 32.9. The molecule has 1 atom stereocenters. The third-order valence-corrected chi connectivity index (χ3v) is 4.59. The highest BCUT2D eigenvalue weighted by atomic mass is 32.1. The largest absolute Gasteiger partial charge is 0.631 e. The molecule has 0 aliphatic heterocycles. The Morgan fingerprint density at radius 2 is 0.857 bits per heavy atom. The van der Waals surface area contributed by atoms with Crippen LogP contribution in [0.5, 0.6) is 0 Å². The molecule has 0 aromatic heterocycles. The number of hydrogen-bond donors (Lipinski definition) is 6. The smallest absolute Gasteiger partial charge is 0.402 e. The minimum Gasteiger partial charge on any atom is -0.402 e. The Labute approximate surface area is 180 Å². The number of thiol groups is 1. The van der Waals surface area contributed by atoms with Crippen LogP contribution in [0.2, 0.25) is 0 Å². The van der Waals surface area contributed by atoms with E-state index in [2.05, 4.69) is 19.6 Å². The van der Waals surface area contributed by atoms with Gasteiger partial charge in [-0.25, -0.2) is 0 Å². The number of rotatable bonds is 17. The van der Waals surface area contributed by atoms with Gasteiger partial charge in [-0.2, -0.15) is 12.6 Å². The first-order chi connectivity index (χ1) is 13.4. The van der Waals surface area contributed by atoms with E-state index in [-0.39, 0.29) is 6.61 Å². The maximum absolute atomic E-state index is 8.11. The average molecular weight is 424 g/mol. The van der Waals surface area contributed by atoms with Gasteiger partial charge in [-0.1, -0.05) is 103 Å². The molecule has 0 rings (SSSR count). The van der Waals surface area contributed by atoms with Crippen LogP contribution >= 0.6 is 12.6 Å². The van der Waals surface area contributed by atoms with Crippen molar-refractivity contribution >= 4 is 20.0 Å². The van der Waals surface area contributed by atoms with E-state index in [9.17, 15) is 0 Å². The molecule has 172 valence electrons. The molecular formula is C21H49BO5S. The molecule has 1 unspecified atom stereocenters. The Balaban J connectivity index is -0.000000575. The third kappa shape index (κ3) is 50.2. The van der Waals surface area contributed by atoms with Crippen LogP contribution in [0, 0.1) is 0 Å². The van der Waals surface area contributed by atoms with Crippen LogP contribution in [-0.4, -0.2) is 51.1 Å². The SMILES string of the molecule is CC(O)CO.CCCCCCCCCCCCCCCCCCS.OB(O)O. The Hall–Kier alpha value is 0.215. The van der Waals surface area contributed by atoms with Crippen molar-refractivity contribution in [2.24, 2.45) is 0 Å². The summed E-state index contributed by atoms with van der Waals surface area (Å²) in [6, 6.07) is 0. The highest BCUT2D eigenvalue weighted by Crippen LogP contribution is 2.13. The topological polar surface area (TPSA) is 101 Å². The summed E-state index contributed by atoms with van der Waals surface area (Å²) < 4.78 is 0. The Bertz CT molecular complexity index is 228. The van der Waals surface area contributed by atoms with E-state index >= 15 is 0 Å². The number of unbranched alkanes of at least 4 members (excludes halogenated alkanes) is 15. The van der Waals surface area contributed by atoms with E-state index in [1.54, 1.807) is 0 Å². The quantitative estimate of drug-likeness (QED) is 0.117. The molecule has 0 bridgehead atoms. The minimum absolute atomic E-state index is 0.139. The van der Waals surface area contributed by atoms with Crippen molar-refractivity contribution in [1.29, 1.82) is 0 Å². The molecule has 0 radical (unpaired) electrons. The summed E-state index contributed by atoms with van der Waals surface area (Å²) in [5.74, 6) is 1.07. The average Bonchev–Trinajstić information content (AvgIpc) is 2.65. The summed E-state index contributed by atoms with van der Waals surface area (Å²) in [6.45, 7) is 3.68. The second-order valence-corrected chi connectivity index (χ2v) is 7.85. The van der Waals surface area contributed by atoms with Gasteiger partial charge in [0, 0.05) is 0 Å². The van der Waals surface area contributed by atoms with Crippen molar-refractivity contribution in [3.8, 4) is 0 Å². The Morgan fingerprint density at radius 1 is 0.643 bits per heavy atom. The van der Waals surface area contributed by atoms with E-state index in [0.29, 0.717) is 0 Å². The lowest BCUT2D eigenvalue weighted by atomic mass is 10.0. The van der Waals surface area contributed by atoms with E-state index in [4.69, 9.17) is 25.3 Å². The molecule has 0 saturated heterocycles. The lowest BCUT2D eigenvalue weighted by Crippen LogP contribution is -2.07. The number of hydrogen-bond acceptors (Lipinski definition) is 6. The van der Waals surface area contributed by atoms with Gasteiger partial charge in [0.25, 0.3) is 0 Å². The van der Waals surface area contributed by atoms with E-state index in [0.717, 1.165) is 5.75 Å². The van der Waals surface area contributed by atoms with Crippen molar-refractivity contribution in [2.75, 3.05) is 12.4 Å². The van der Waals surface area contributed by atoms with E-state index in [1.807, 2.05) is 0 Å². The number of aliphatic hydroxyl groups excluding tert-OH is 2. The standard InChI is InChI=1S/C18H38S.C3H8O2.BH3O3/c1-2-3-4-5-6-7-8-9-10-11-12-13-14-15-16-17-18-19;1-3(5)2-4;2-1(3)4/h19H,2-18H2,1H3;3-5H,2H2,1H3;2-4H.